The number of hydrogen-bond acceptors (Lipinski definition) is 5. The molecule has 0 N–H and O–H groups in total. The summed E-state index contributed by atoms with van der Waals surface area (Å²) < 4.78 is 4.19. The van der Waals surface area contributed by atoms with Crippen molar-refractivity contribution in [1.29, 1.82) is 0 Å². The number of piperidine rings is 1. The van der Waals surface area contributed by atoms with Crippen LogP contribution in [0.4, 0.5) is 0 Å². The van der Waals surface area contributed by atoms with Gasteiger partial charge in [0.15, 0.2) is 16.9 Å². The number of carbonyl (C=O) groups is 1. The second-order valence-corrected chi connectivity index (χ2v) is 9.12. The van der Waals surface area contributed by atoms with Crippen molar-refractivity contribution in [3.63, 3.8) is 0 Å². The number of likely N-dealkylation sites (tertiary alicyclic amines) is 1. The lowest BCUT2D eigenvalue weighted by Crippen LogP contribution is -2.38. The minimum absolute atomic E-state index is 0.0243. The molecule has 0 bridgehead atoms. The predicted molar refractivity (Wildman–Crippen MR) is 108 cm³/mol. The molecule has 0 saturated carbocycles. The molecule has 1 fully saturated rings. The van der Waals surface area contributed by atoms with Gasteiger partial charge >= 0.3 is 5.69 Å². The van der Waals surface area contributed by atoms with E-state index < -0.39 is 16.7 Å². The number of aryl methyl sites for hydroxylation is 1. The van der Waals surface area contributed by atoms with E-state index in [1.54, 1.807) is 11.6 Å². The van der Waals surface area contributed by atoms with Gasteiger partial charge in [-0.25, -0.2) is 9.78 Å². The molecule has 0 aliphatic carbocycles. The van der Waals surface area contributed by atoms with Gasteiger partial charge in [-0.2, -0.15) is 0 Å². The van der Waals surface area contributed by atoms with Gasteiger partial charge in [-0.3, -0.25) is 23.6 Å². The molecule has 0 amide bonds. The van der Waals surface area contributed by atoms with E-state index in [0.717, 1.165) is 30.5 Å². The third-order valence-electron chi connectivity index (χ3n) is 5.81. The lowest BCUT2D eigenvalue weighted by atomic mass is 9.91. The monoisotopic (exact) mass is 389 g/mol. The Balaban J connectivity index is 2.13. The Bertz CT molecular complexity index is 1010. The molecule has 8 nitrogen and oxygen atoms in total. The molecule has 0 unspecified atom stereocenters. The normalized spacial score (nSPS) is 16.8. The first-order chi connectivity index (χ1) is 13.0. The van der Waals surface area contributed by atoms with Crippen LogP contribution in [0, 0.1) is 11.3 Å². The van der Waals surface area contributed by atoms with Crippen molar-refractivity contribution in [1.82, 2.24) is 23.6 Å². The van der Waals surface area contributed by atoms with Crippen molar-refractivity contribution in [2.24, 2.45) is 25.4 Å². The van der Waals surface area contributed by atoms with Crippen molar-refractivity contribution in [2.45, 2.75) is 53.6 Å². The number of aromatic nitrogens is 4. The molecule has 1 aliphatic rings. The van der Waals surface area contributed by atoms with E-state index in [2.05, 4.69) is 16.8 Å². The van der Waals surface area contributed by atoms with Crippen LogP contribution in [0.1, 0.15) is 46.4 Å². The molecular weight excluding hydrogens is 358 g/mol. The van der Waals surface area contributed by atoms with Crippen molar-refractivity contribution < 1.29 is 4.79 Å². The fourth-order valence-corrected chi connectivity index (χ4v) is 3.58. The molecule has 0 atom stereocenters. The zero-order chi connectivity index (χ0) is 20.8. The first-order valence-corrected chi connectivity index (χ1v) is 9.91. The largest absolute Gasteiger partial charge is 0.332 e. The third kappa shape index (κ3) is 3.70. The fraction of sp³-hybridized carbons (Fsp3) is 0.700. The maximum Gasteiger partial charge on any atom is 0.332 e. The summed E-state index contributed by atoms with van der Waals surface area (Å²) in [7, 11) is 3.07. The van der Waals surface area contributed by atoms with Crippen LogP contribution in [-0.2, 0) is 32.0 Å². The number of Topliss-reactive ketones (excluding diaryl/α,β-unsaturated/α-hetero) is 1. The minimum atomic E-state index is -0.527. The van der Waals surface area contributed by atoms with Crippen LogP contribution in [-0.4, -0.2) is 42.5 Å². The Hall–Kier alpha value is -2.22. The number of fused-ring (bicyclic) bond motifs is 1. The van der Waals surface area contributed by atoms with Crippen LogP contribution in [0.5, 0.6) is 0 Å². The first kappa shape index (κ1) is 20.5. The summed E-state index contributed by atoms with van der Waals surface area (Å²) in [4.78, 5) is 44.9. The minimum Gasteiger partial charge on any atom is -0.313 e. The molecule has 8 heteroatoms. The molecule has 3 heterocycles. The summed E-state index contributed by atoms with van der Waals surface area (Å²) in [6.45, 7) is 10.4. The molecular formula is C20H31N5O3. The Labute approximate surface area is 164 Å². The predicted octanol–water partition coefficient (Wildman–Crippen LogP) is 1.28. The Morgan fingerprint density at radius 3 is 2.29 bits per heavy atom. The maximum atomic E-state index is 12.9. The van der Waals surface area contributed by atoms with Crippen molar-refractivity contribution >= 4 is 16.9 Å². The molecule has 0 spiro atoms. The molecule has 0 aromatic carbocycles. The summed E-state index contributed by atoms with van der Waals surface area (Å²) in [6, 6.07) is 0. The van der Waals surface area contributed by atoms with E-state index in [-0.39, 0.29) is 12.3 Å². The number of rotatable bonds is 4. The zero-order valence-electron chi connectivity index (χ0n) is 17.8. The van der Waals surface area contributed by atoms with Crippen LogP contribution < -0.4 is 11.2 Å². The van der Waals surface area contributed by atoms with Gasteiger partial charge in [-0.05, 0) is 31.8 Å². The summed E-state index contributed by atoms with van der Waals surface area (Å²) in [6.07, 6.45) is 2.25. The molecule has 154 valence electrons. The van der Waals surface area contributed by atoms with E-state index in [1.807, 2.05) is 20.8 Å². The lowest BCUT2D eigenvalue weighted by Gasteiger charge is -2.30. The van der Waals surface area contributed by atoms with Crippen LogP contribution in [0.15, 0.2) is 9.59 Å². The maximum absolute atomic E-state index is 12.9. The first-order valence-electron chi connectivity index (χ1n) is 9.91. The summed E-state index contributed by atoms with van der Waals surface area (Å²) in [5.41, 5.74) is -0.688. The Morgan fingerprint density at radius 2 is 1.71 bits per heavy atom. The molecule has 2 aromatic rings. The van der Waals surface area contributed by atoms with Gasteiger partial charge in [0.25, 0.3) is 5.56 Å². The van der Waals surface area contributed by atoms with Gasteiger partial charge in [0.2, 0.25) is 0 Å². The number of imidazole rings is 1. The molecule has 2 aromatic heterocycles. The van der Waals surface area contributed by atoms with Crippen molar-refractivity contribution in [2.75, 3.05) is 13.1 Å². The highest BCUT2D eigenvalue weighted by Gasteiger charge is 2.27. The molecule has 3 rings (SSSR count). The highest BCUT2D eigenvalue weighted by atomic mass is 16.2. The standard InChI is InChI=1S/C20H31N5O3/c1-13-7-9-24(10-8-13)12-15-21-17-16(18(27)23(6)19(28)22(17)5)25(15)11-14(26)20(2,3)4/h13H,7-12H2,1-6H3. The average Bonchev–Trinajstić information content (AvgIpc) is 2.97. The van der Waals surface area contributed by atoms with Crippen LogP contribution >= 0.6 is 0 Å². The Morgan fingerprint density at radius 1 is 1.11 bits per heavy atom. The second-order valence-electron chi connectivity index (χ2n) is 9.12. The SMILES string of the molecule is CC1CCN(Cc2nc3c(c(=O)n(C)c(=O)n3C)n2CC(=O)C(C)(C)C)CC1. The van der Waals surface area contributed by atoms with Crippen LogP contribution in [0.25, 0.3) is 11.2 Å². The van der Waals surface area contributed by atoms with E-state index in [1.165, 1.54) is 11.6 Å². The van der Waals surface area contributed by atoms with Crippen LogP contribution in [0.3, 0.4) is 0 Å². The average molecular weight is 390 g/mol. The molecule has 1 aliphatic heterocycles. The number of ketones is 1. The van der Waals surface area contributed by atoms with Crippen molar-refractivity contribution in [3.8, 4) is 0 Å². The lowest BCUT2D eigenvalue weighted by molar-refractivity contribution is -0.126. The van der Waals surface area contributed by atoms with E-state index in [4.69, 9.17) is 0 Å². The summed E-state index contributed by atoms with van der Waals surface area (Å²) in [5.74, 6) is 1.40. The molecule has 28 heavy (non-hydrogen) atoms. The number of hydrogen-bond donors (Lipinski definition) is 0. The van der Waals surface area contributed by atoms with Gasteiger partial charge in [-0.1, -0.05) is 27.7 Å². The van der Waals surface area contributed by atoms with Gasteiger partial charge in [-0.15, -0.1) is 0 Å². The van der Waals surface area contributed by atoms with Gasteiger partial charge < -0.3 is 4.57 Å². The summed E-state index contributed by atoms with van der Waals surface area (Å²) >= 11 is 0. The van der Waals surface area contributed by atoms with E-state index in [9.17, 15) is 14.4 Å². The van der Waals surface area contributed by atoms with Gasteiger partial charge in [0.05, 0.1) is 13.1 Å². The summed E-state index contributed by atoms with van der Waals surface area (Å²) in [5, 5.41) is 0. The van der Waals surface area contributed by atoms with Crippen LogP contribution in [0.2, 0.25) is 0 Å². The quantitative estimate of drug-likeness (QED) is 0.787. The highest BCUT2D eigenvalue weighted by Crippen LogP contribution is 2.22. The van der Waals surface area contributed by atoms with Gasteiger partial charge in [0.1, 0.15) is 5.82 Å². The molecule has 1 saturated heterocycles. The molecule has 0 radical (unpaired) electrons. The second kappa shape index (κ2) is 7.31. The van der Waals surface area contributed by atoms with E-state index in [0.29, 0.717) is 29.5 Å². The van der Waals surface area contributed by atoms with E-state index >= 15 is 0 Å². The van der Waals surface area contributed by atoms with Crippen molar-refractivity contribution in [3.05, 3.63) is 26.7 Å². The number of carbonyl (C=O) groups excluding carboxylic acids is 1. The smallest absolute Gasteiger partial charge is 0.313 e. The third-order valence-corrected chi connectivity index (χ3v) is 5.81. The Kier molecular flexibility index (Phi) is 5.36. The topological polar surface area (TPSA) is 82.1 Å². The fourth-order valence-electron chi connectivity index (χ4n) is 3.58. The number of nitrogens with zero attached hydrogens (tertiary/aromatic N) is 5. The highest BCUT2D eigenvalue weighted by molar-refractivity contribution is 5.85. The van der Waals surface area contributed by atoms with Gasteiger partial charge in [0, 0.05) is 19.5 Å². The zero-order valence-corrected chi connectivity index (χ0v) is 17.8.